The predicted molar refractivity (Wildman–Crippen MR) is 226 cm³/mol. The van der Waals surface area contributed by atoms with E-state index in [1.165, 1.54) is 10.7 Å². The summed E-state index contributed by atoms with van der Waals surface area (Å²) in [6.45, 7) is 4.89. The Hall–Kier alpha value is -5.66. The number of imide groups is 2. The average molecular weight is 880 g/mol. The van der Waals surface area contributed by atoms with Crippen molar-refractivity contribution in [1.29, 1.82) is 0 Å². The number of likely N-dealkylation sites (tertiary alicyclic amines) is 1. The molecule has 5 aliphatic heterocycles. The Morgan fingerprint density at radius 3 is 2.55 bits per heavy atom. The maximum absolute atomic E-state index is 14.3. The summed E-state index contributed by atoms with van der Waals surface area (Å²) in [5.41, 5.74) is 1.76. The molecule has 2 saturated carbocycles. The molecule has 336 valence electrons. The molecular weight excluding hydrogens is 829 g/mol. The normalized spacial score (nSPS) is 27.0. The van der Waals surface area contributed by atoms with Crippen molar-refractivity contribution in [3.8, 4) is 0 Å². The van der Waals surface area contributed by atoms with Crippen LogP contribution in [0.15, 0.2) is 42.9 Å². The van der Waals surface area contributed by atoms with Gasteiger partial charge in [-0.2, -0.15) is 10.2 Å². The van der Waals surface area contributed by atoms with Gasteiger partial charge in [0.05, 0.1) is 47.8 Å². The first-order valence-corrected chi connectivity index (χ1v) is 22.7. The Kier molecular flexibility index (Phi) is 10.3. The molecule has 11 rings (SSSR count). The van der Waals surface area contributed by atoms with Crippen LogP contribution in [0.1, 0.15) is 125 Å². The van der Waals surface area contributed by atoms with E-state index in [-0.39, 0.29) is 42.3 Å². The van der Waals surface area contributed by atoms with Crippen molar-refractivity contribution in [3.63, 3.8) is 0 Å². The second-order valence-corrected chi connectivity index (χ2v) is 19.0. The molecule has 1 unspecified atom stereocenters. The fourth-order valence-electron chi connectivity index (χ4n) is 11.6. The van der Waals surface area contributed by atoms with E-state index >= 15 is 0 Å². The Bertz CT molecular complexity index is 2540. The monoisotopic (exact) mass is 879 g/mol. The molecule has 1 aromatic carbocycles. The summed E-state index contributed by atoms with van der Waals surface area (Å²) >= 11 is 0. The Labute approximate surface area is 367 Å². The van der Waals surface area contributed by atoms with Crippen LogP contribution in [0.4, 0.5) is 20.3 Å². The fraction of sp³-hybridized carbons (Fsp3) is 0.556. The van der Waals surface area contributed by atoms with Crippen molar-refractivity contribution in [3.05, 3.63) is 70.8 Å². The van der Waals surface area contributed by atoms with E-state index in [0.29, 0.717) is 47.3 Å². The van der Waals surface area contributed by atoms with E-state index in [9.17, 15) is 32.8 Å². The molecule has 64 heavy (non-hydrogen) atoms. The number of anilines is 2. The molecule has 3 atom stereocenters. The van der Waals surface area contributed by atoms with E-state index in [2.05, 4.69) is 35.9 Å². The quantitative estimate of drug-likeness (QED) is 0.182. The zero-order valence-electron chi connectivity index (χ0n) is 35.4. The van der Waals surface area contributed by atoms with Gasteiger partial charge in [-0.1, -0.05) is 12.1 Å². The minimum atomic E-state index is -2.86. The zero-order valence-corrected chi connectivity index (χ0v) is 35.4. The van der Waals surface area contributed by atoms with E-state index in [1.54, 1.807) is 29.2 Å². The highest BCUT2D eigenvalue weighted by Crippen LogP contribution is 2.49. The number of rotatable bonds is 11. The van der Waals surface area contributed by atoms with Gasteiger partial charge in [0.2, 0.25) is 11.8 Å². The highest BCUT2D eigenvalue weighted by Gasteiger charge is 2.48. The van der Waals surface area contributed by atoms with Gasteiger partial charge in [-0.3, -0.25) is 38.9 Å². The van der Waals surface area contributed by atoms with Gasteiger partial charge in [0, 0.05) is 44.5 Å². The number of nitrogens with one attached hydrogen (secondary N) is 3. The number of fused-ring (bicyclic) bond motifs is 4. The lowest BCUT2D eigenvalue weighted by Gasteiger charge is -2.53. The minimum Gasteiger partial charge on any atom is -0.374 e. The van der Waals surface area contributed by atoms with Crippen molar-refractivity contribution >= 4 is 46.7 Å². The van der Waals surface area contributed by atoms with E-state index in [0.717, 1.165) is 100 Å². The number of amides is 5. The molecule has 3 N–H and O–H groups in total. The molecule has 19 heteroatoms. The van der Waals surface area contributed by atoms with Crippen LogP contribution in [0.5, 0.6) is 0 Å². The summed E-state index contributed by atoms with van der Waals surface area (Å²) in [5, 5.41) is 17.2. The van der Waals surface area contributed by atoms with Crippen molar-refractivity contribution in [2.75, 3.05) is 43.0 Å². The number of carbonyl (C=O) groups is 5. The van der Waals surface area contributed by atoms with Gasteiger partial charge in [0.1, 0.15) is 17.4 Å². The van der Waals surface area contributed by atoms with E-state index < -0.39 is 47.7 Å². The standard InChI is InChI=1S/C45H51F2N11O6/c46-39(47)38-33(50-41(60)32-20-49-56-13-10-35(51-40(32)56)55-22-30-16-29(55)24-64-30)23-57(53-38)28-6-4-25(5-7-28)21-54-14-11-45(12-15-54)17-27(18-45)48-19-26-2-1-3-31-37(26)44(63)58(43(31)62)34-8-9-36(59)52-42(34)61/h1-3,10,13,20,23,25,27-30,34,39,48H,4-9,11-12,14-19,21-22,24H2,(H,50,60)(H,52,59,61)/t25?,28?,29-,30-,34?/m1/s1. The van der Waals surface area contributed by atoms with Crippen LogP contribution in [0, 0.1) is 11.3 Å². The molecule has 1 spiro atoms. The lowest BCUT2D eigenvalue weighted by Crippen LogP contribution is -2.54. The topological polar surface area (TPSA) is 188 Å². The summed E-state index contributed by atoms with van der Waals surface area (Å²) in [4.78, 5) is 75.0. The van der Waals surface area contributed by atoms with Gasteiger partial charge in [-0.15, -0.1) is 0 Å². The van der Waals surface area contributed by atoms with Crippen LogP contribution >= 0.6 is 0 Å². The average Bonchev–Trinajstić information content (AvgIpc) is 4.13. The lowest BCUT2D eigenvalue weighted by molar-refractivity contribution is -0.136. The number of hydrogen-bond donors (Lipinski definition) is 3. The number of ether oxygens (including phenoxy) is 1. The Morgan fingerprint density at radius 2 is 1.81 bits per heavy atom. The van der Waals surface area contributed by atoms with Gasteiger partial charge >= 0.3 is 0 Å². The number of morpholine rings is 1. The van der Waals surface area contributed by atoms with Crippen LogP contribution in [-0.4, -0.2) is 121 Å². The molecule has 4 saturated heterocycles. The van der Waals surface area contributed by atoms with Crippen LogP contribution < -0.4 is 20.9 Å². The Morgan fingerprint density at radius 1 is 1.00 bits per heavy atom. The smallest absolute Gasteiger partial charge is 0.284 e. The van der Waals surface area contributed by atoms with Crippen molar-refractivity contribution in [2.24, 2.45) is 11.3 Å². The van der Waals surface area contributed by atoms with E-state index in [4.69, 9.17) is 9.72 Å². The van der Waals surface area contributed by atoms with Crippen molar-refractivity contribution in [1.82, 2.24) is 44.8 Å². The summed E-state index contributed by atoms with van der Waals surface area (Å²) in [7, 11) is 0. The second-order valence-electron chi connectivity index (χ2n) is 19.0. The first kappa shape index (κ1) is 41.1. The number of alkyl halides is 2. The van der Waals surface area contributed by atoms with Gasteiger partial charge in [0.15, 0.2) is 11.3 Å². The number of carbonyl (C=O) groups excluding carboxylic acids is 5. The third kappa shape index (κ3) is 7.34. The van der Waals surface area contributed by atoms with Crippen LogP contribution in [-0.2, 0) is 20.9 Å². The van der Waals surface area contributed by atoms with E-state index in [1.807, 2.05) is 12.1 Å². The van der Waals surface area contributed by atoms with Gasteiger partial charge in [-0.25, -0.2) is 18.3 Å². The first-order valence-electron chi connectivity index (χ1n) is 22.7. The lowest BCUT2D eigenvalue weighted by atomic mass is 9.60. The molecule has 5 amide bonds. The van der Waals surface area contributed by atoms with Crippen LogP contribution in [0.3, 0.4) is 0 Å². The molecule has 0 radical (unpaired) electrons. The predicted octanol–water partition coefficient (Wildman–Crippen LogP) is 4.26. The van der Waals surface area contributed by atoms with Gasteiger partial charge in [0.25, 0.3) is 24.1 Å². The molecule has 17 nitrogen and oxygen atoms in total. The summed E-state index contributed by atoms with van der Waals surface area (Å²) in [6.07, 6.45) is 11.1. The van der Waals surface area contributed by atoms with Gasteiger partial charge < -0.3 is 25.2 Å². The zero-order chi connectivity index (χ0) is 43.9. The minimum absolute atomic E-state index is 0.00385. The maximum atomic E-state index is 14.3. The number of benzene rings is 1. The molecule has 3 aromatic heterocycles. The van der Waals surface area contributed by atoms with Crippen molar-refractivity contribution in [2.45, 2.75) is 114 Å². The largest absolute Gasteiger partial charge is 0.374 e. The molecule has 2 bridgehead atoms. The first-order chi connectivity index (χ1) is 31.0. The molecule has 2 aliphatic carbocycles. The number of hydrogen-bond acceptors (Lipinski definition) is 12. The highest BCUT2D eigenvalue weighted by molar-refractivity contribution is 6.24. The maximum Gasteiger partial charge on any atom is 0.284 e. The third-order valence-corrected chi connectivity index (χ3v) is 15.1. The van der Waals surface area contributed by atoms with Crippen LogP contribution in [0.2, 0.25) is 0 Å². The highest BCUT2D eigenvalue weighted by atomic mass is 19.3. The Balaban J connectivity index is 0.645. The second kappa shape index (κ2) is 16.1. The fourth-order valence-corrected chi connectivity index (χ4v) is 11.6. The third-order valence-electron chi connectivity index (χ3n) is 15.1. The molecule has 8 heterocycles. The molecule has 4 aromatic rings. The summed E-state index contributed by atoms with van der Waals surface area (Å²) in [6, 6.07) is 6.63. The van der Waals surface area contributed by atoms with Crippen molar-refractivity contribution < 1.29 is 37.5 Å². The SMILES string of the molecule is O=C1CCC(N2C(=O)c3cccc(CNC4CC5(CCN(CC6CCC(n7cc(NC(=O)c8cnn9ccc(N%10C[C@H]%11C[C@@H]%10CO%11)nc89)c(C(F)F)n7)CC6)CC5)C4)c3C2=O)C(=O)N1. The molecule has 6 fully saturated rings. The summed E-state index contributed by atoms with van der Waals surface area (Å²) in [5.74, 6) is -1.32. The van der Waals surface area contributed by atoms with Crippen LogP contribution in [0.25, 0.3) is 5.65 Å². The molecular formula is C45H51F2N11O6. The molecule has 7 aliphatic rings. The number of nitrogens with zero attached hydrogens (tertiary/aromatic N) is 8. The summed E-state index contributed by atoms with van der Waals surface area (Å²) < 4.78 is 37.5. The van der Waals surface area contributed by atoms with Gasteiger partial charge in [-0.05, 0) is 106 Å². The number of piperidine rings is 2. The number of halogens is 2. The number of aromatic nitrogens is 5.